The Morgan fingerprint density at radius 2 is 2.03 bits per heavy atom. The lowest BCUT2D eigenvalue weighted by Gasteiger charge is -2.16. The maximum absolute atomic E-state index is 13.3. The fraction of sp³-hybridized carbons (Fsp3) is 0.286. The van der Waals surface area contributed by atoms with Gasteiger partial charge in [0.25, 0.3) is 5.56 Å². The first kappa shape index (κ1) is 21.4. The van der Waals surface area contributed by atoms with Gasteiger partial charge in [-0.1, -0.05) is 41.6 Å². The third kappa shape index (κ3) is 4.80. The fourth-order valence-electron chi connectivity index (χ4n) is 3.00. The summed E-state index contributed by atoms with van der Waals surface area (Å²) < 4.78 is 6.57. The number of methoxy groups -OCH3 is 1. The molecule has 1 amide bonds. The molecule has 8 heteroatoms. The molecule has 3 rings (SSSR count). The van der Waals surface area contributed by atoms with E-state index in [0.29, 0.717) is 33.4 Å². The van der Waals surface area contributed by atoms with Gasteiger partial charge in [-0.3, -0.25) is 14.2 Å². The van der Waals surface area contributed by atoms with Crippen molar-refractivity contribution < 1.29 is 9.53 Å². The highest BCUT2D eigenvalue weighted by Crippen LogP contribution is 2.26. The van der Waals surface area contributed by atoms with Gasteiger partial charge in [0.15, 0.2) is 5.16 Å². The standard InChI is InChI=1S/C21H22ClN3O3S/c1-13(11-28-3)23-19(26)12-29-21-24-17-9-5-4-7-15(17)20(27)25(21)18-10-6-8-16(22)14(18)2/h4-10,13H,11-12H2,1-3H3,(H,23,26). The molecule has 0 aliphatic carbocycles. The van der Waals surface area contributed by atoms with Crippen molar-refractivity contribution in [3.8, 4) is 5.69 Å². The van der Waals surface area contributed by atoms with Gasteiger partial charge in [0.05, 0.1) is 29.0 Å². The van der Waals surface area contributed by atoms with Gasteiger partial charge < -0.3 is 10.1 Å². The minimum absolute atomic E-state index is 0.102. The monoisotopic (exact) mass is 431 g/mol. The molecule has 152 valence electrons. The number of fused-ring (bicyclic) bond motifs is 1. The lowest BCUT2D eigenvalue weighted by Crippen LogP contribution is -2.36. The molecule has 0 aliphatic rings. The molecule has 1 N–H and O–H groups in total. The molecule has 6 nitrogen and oxygen atoms in total. The molecule has 0 fully saturated rings. The average molecular weight is 432 g/mol. The first-order valence-corrected chi connectivity index (χ1v) is 10.5. The number of nitrogens with one attached hydrogen (secondary N) is 1. The fourth-order valence-corrected chi connectivity index (χ4v) is 3.98. The minimum Gasteiger partial charge on any atom is -0.383 e. The summed E-state index contributed by atoms with van der Waals surface area (Å²) in [6, 6.07) is 12.5. The van der Waals surface area contributed by atoms with E-state index in [9.17, 15) is 9.59 Å². The van der Waals surface area contributed by atoms with Gasteiger partial charge in [-0.2, -0.15) is 0 Å². The molecule has 2 aromatic carbocycles. The summed E-state index contributed by atoms with van der Waals surface area (Å²) in [5.41, 5.74) is 1.81. The maximum atomic E-state index is 13.3. The number of hydrogen-bond acceptors (Lipinski definition) is 5. The van der Waals surface area contributed by atoms with Crippen LogP contribution in [0.1, 0.15) is 12.5 Å². The van der Waals surface area contributed by atoms with Crippen molar-refractivity contribution in [1.82, 2.24) is 14.9 Å². The van der Waals surface area contributed by atoms with Gasteiger partial charge in [0, 0.05) is 18.2 Å². The summed E-state index contributed by atoms with van der Waals surface area (Å²) in [7, 11) is 1.59. The van der Waals surface area contributed by atoms with Crippen LogP contribution in [-0.2, 0) is 9.53 Å². The van der Waals surface area contributed by atoms with Gasteiger partial charge in [0.1, 0.15) is 0 Å². The van der Waals surface area contributed by atoms with Gasteiger partial charge >= 0.3 is 0 Å². The highest BCUT2D eigenvalue weighted by molar-refractivity contribution is 7.99. The average Bonchev–Trinajstić information content (AvgIpc) is 2.69. The summed E-state index contributed by atoms with van der Waals surface area (Å²) in [5.74, 6) is -0.0327. The molecule has 29 heavy (non-hydrogen) atoms. The molecule has 0 radical (unpaired) electrons. The summed E-state index contributed by atoms with van der Waals surface area (Å²) in [6.07, 6.45) is 0. The van der Waals surface area contributed by atoms with Crippen LogP contribution in [0.15, 0.2) is 52.4 Å². The number of aromatic nitrogens is 2. The third-order valence-corrected chi connectivity index (χ3v) is 5.73. The number of amides is 1. The minimum atomic E-state index is -0.198. The molecular formula is C21H22ClN3O3S. The van der Waals surface area contributed by atoms with Crippen molar-refractivity contribution in [1.29, 1.82) is 0 Å². The predicted molar refractivity (Wildman–Crippen MR) is 117 cm³/mol. The Morgan fingerprint density at radius 3 is 2.79 bits per heavy atom. The Bertz CT molecular complexity index is 1100. The largest absolute Gasteiger partial charge is 0.383 e. The van der Waals surface area contributed by atoms with Crippen molar-refractivity contribution in [3.63, 3.8) is 0 Å². The predicted octanol–water partition coefficient (Wildman–Crippen LogP) is 3.59. The number of halogens is 1. The summed E-state index contributed by atoms with van der Waals surface area (Å²) >= 11 is 7.49. The van der Waals surface area contributed by atoms with Crippen molar-refractivity contribution in [2.24, 2.45) is 0 Å². The number of carbonyl (C=O) groups excluding carboxylic acids is 1. The molecule has 1 aromatic heterocycles. The van der Waals surface area contributed by atoms with Crippen LogP contribution in [-0.4, -0.2) is 41.0 Å². The van der Waals surface area contributed by atoms with E-state index in [2.05, 4.69) is 10.3 Å². The van der Waals surface area contributed by atoms with E-state index in [1.807, 2.05) is 26.0 Å². The Kier molecular flexibility index (Phi) is 6.95. The highest BCUT2D eigenvalue weighted by atomic mass is 35.5. The van der Waals surface area contributed by atoms with Crippen molar-refractivity contribution >= 4 is 40.2 Å². The molecule has 0 bridgehead atoms. The van der Waals surface area contributed by atoms with Crippen molar-refractivity contribution in [2.45, 2.75) is 25.0 Å². The Balaban J connectivity index is 2.03. The van der Waals surface area contributed by atoms with Crippen molar-refractivity contribution in [3.05, 3.63) is 63.4 Å². The van der Waals surface area contributed by atoms with Gasteiger partial charge in [0.2, 0.25) is 5.91 Å². The van der Waals surface area contributed by atoms with E-state index >= 15 is 0 Å². The van der Waals surface area contributed by atoms with Crippen LogP contribution < -0.4 is 10.9 Å². The Hall–Kier alpha value is -2.35. The summed E-state index contributed by atoms with van der Waals surface area (Å²) in [4.78, 5) is 30.2. The number of carbonyl (C=O) groups is 1. The van der Waals surface area contributed by atoms with E-state index in [1.165, 1.54) is 16.3 Å². The molecule has 0 saturated carbocycles. The third-order valence-electron chi connectivity index (χ3n) is 4.38. The van der Waals surface area contributed by atoms with E-state index in [-0.39, 0.29) is 23.3 Å². The van der Waals surface area contributed by atoms with Crippen molar-refractivity contribution in [2.75, 3.05) is 19.5 Å². The first-order valence-electron chi connectivity index (χ1n) is 9.10. The SMILES string of the molecule is COCC(C)NC(=O)CSc1nc2ccccc2c(=O)n1-c1cccc(Cl)c1C. The number of para-hydroxylation sites is 1. The Morgan fingerprint density at radius 1 is 1.28 bits per heavy atom. The molecule has 0 spiro atoms. The molecule has 1 unspecified atom stereocenters. The molecule has 1 heterocycles. The van der Waals surface area contributed by atoms with E-state index in [4.69, 9.17) is 16.3 Å². The van der Waals surface area contributed by atoms with Crippen LogP contribution in [0.5, 0.6) is 0 Å². The second-order valence-corrected chi connectivity index (χ2v) is 8.00. The maximum Gasteiger partial charge on any atom is 0.266 e. The van der Waals surface area contributed by atoms with Crippen LogP contribution in [0.4, 0.5) is 0 Å². The number of thioether (sulfide) groups is 1. The first-order chi connectivity index (χ1) is 13.9. The number of hydrogen-bond donors (Lipinski definition) is 1. The number of nitrogens with zero attached hydrogens (tertiary/aromatic N) is 2. The smallest absolute Gasteiger partial charge is 0.266 e. The molecular weight excluding hydrogens is 410 g/mol. The lowest BCUT2D eigenvalue weighted by molar-refractivity contribution is -0.119. The zero-order valence-electron chi connectivity index (χ0n) is 16.4. The summed E-state index contributed by atoms with van der Waals surface area (Å²) in [5, 5.41) is 4.37. The van der Waals surface area contributed by atoms with E-state index in [0.717, 1.165) is 5.56 Å². The number of rotatable bonds is 7. The zero-order valence-corrected chi connectivity index (χ0v) is 18.0. The van der Waals surface area contributed by atoms with Crippen LogP contribution >= 0.6 is 23.4 Å². The van der Waals surface area contributed by atoms with E-state index in [1.54, 1.807) is 37.4 Å². The number of ether oxygens (including phenoxy) is 1. The number of benzene rings is 2. The second kappa shape index (κ2) is 9.43. The molecule has 0 aliphatic heterocycles. The normalized spacial score (nSPS) is 12.1. The quantitative estimate of drug-likeness (QED) is 0.457. The van der Waals surface area contributed by atoms with Crippen LogP contribution in [0.2, 0.25) is 5.02 Å². The van der Waals surface area contributed by atoms with Gasteiger partial charge in [-0.15, -0.1) is 0 Å². The highest BCUT2D eigenvalue weighted by Gasteiger charge is 2.17. The lowest BCUT2D eigenvalue weighted by atomic mass is 10.2. The zero-order chi connectivity index (χ0) is 21.0. The summed E-state index contributed by atoms with van der Waals surface area (Å²) in [6.45, 7) is 4.15. The second-order valence-electron chi connectivity index (χ2n) is 6.65. The van der Waals surface area contributed by atoms with Gasteiger partial charge in [-0.05, 0) is 43.7 Å². The van der Waals surface area contributed by atoms with Crippen LogP contribution in [0, 0.1) is 6.92 Å². The topological polar surface area (TPSA) is 73.2 Å². The molecule has 1 atom stereocenters. The van der Waals surface area contributed by atoms with E-state index < -0.39 is 0 Å². The molecule has 3 aromatic rings. The van der Waals surface area contributed by atoms with Crippen LogP contribution in [0.25, 0.3) is 16.6 Å². The van der Waals surface area contributed by atoms with Gasteiger partial charge in [-0.25, -0.2) is 4.98 Å². The Labute approximate surface area is 178 Å². The van der Waals surface area contributed by atoms with Crippen LogP contribution in [0.3, 0.4) is 0 Å². The molecule has 0 saturated heterocycles.